The summed E-state index contributed by atoms with van der Waals surface area (Å²) in [6.07, 6.45) is 1.13. The minimum atomic E-state index is -0.561. The second-order valence-electron chi connectivity index (χ2n) is 8.42. The molecular formula is C24H29N5O5. The Labute approximate surface area is 198 Å². The van der Waals surface area contributed by atoms with Crippen molar-refractivity contribution in [2.24, 2.45) is 0 Å². The fourth-order valence-electron chi connectivity index (χ4n) is 3.03. The smallest absolute Gasteiger partial charge is 0.407 e. The van der Waals surface area contributed by atoms with Crippen LogP contribution >= 0.6 is 0 Å². The van der Waals surface area contributed by atoms with E-state index in [9.17, 15) is 9.59 Å². The van der Waals surface area contributed by atoms with Gasteiger partial charge in [0, 0.05) is 25.2 Å². The van der Waals surface area contributed by atoms with Crippen molar-refractivity contribution in [1.82, 2.24) is 25.1 Å². The highest BCUT2D eigenvalue weighted by Crippen LogP contribution is 2.25. The molecule has 10 nitrogen and oxygen atoms in total. The lowest BCUT2D eigenvalue weighted by atomic mass is 10.1. The minimum Gasteiger partial charge on any atom is -0.481 e. The van der Waals surface area contributed by atoms with E-state index in [1.165, 1.54) is 21.3 Å². The van der Waals surface area contributed by atoms with Crippen LogP contribution in [0, 0.1) is 0 Å². The van der Waals surface area contributed by atoms with Crippen LogP contribution in [0.2, 0.25) is 0 Å². The Balaban J connectivity index is 1.88. The number of aromatic nitrogens is 3. The fourth-order valence-corrected chi connectivity index (χ4v) is 3.03. The number of methoxy groups -OCH3 is 1. The number of rotatable bonds is 7. The zero-order valence-corrected chi connectivity index (χ0v) is 20.2. The molecule has 3 rings (SSSR count). The Kier molecular flexibility index (Phi) is 7.52. The van der Waals surface area contributed by atoms with E-state index in [1.807, 2.05) is 45.0 Å². The molecule has 2 amide bonds. The molecule has 0 saturated heterocycles. The standard InChI is InChI=1S/C24H29N5O5/c1-24(2,3)34-23(31)26-14-16-7-9-17(10-8-16)20-13-19(22(30)28(4)33-6)27-29(20)18-11-12-21(32-5)25-15-18/h7-13,15H,14H2,1-6H3,(H,26,31). The van der Waals surface area contributed by atoms with E-state index >= 15 is 0 Å². The third kappa shape index (κ3) is 6.10. The molecular weight excluding hydrogens is 438 g/mol. The number of carbonyl (C=O) groups is 2. The van der Waals surface area contributed by atoms with Gasteiger partial charge >= 0.3 is 6.09 Å². The molecule has 0 radical (unpaired) electrons. The summed E-state index contributed by atoms with van der Waals surface area (Å²) in [6.45, 7) is 5.75. The van der Waals surface area contributed by atoms with Crippen molar-refractivity contribution in [2.45, 2.75) is 32.9 Å². The number of nitrogens with zero attached hydrogens (tertiary/aromatic N) is 4. The number of alkyl carbamates (subject to hydrolysis) is 1. The van der Waals surface area contributed by atoms with Crippen LogP contribution < -0.4 is 10.1 Å². The predicted molar refractivity (Wildman–Crippen MR) is 126 cm³/mol. The lowest BCUT2D eigenvalue weighted by Crippen LogP contribution is -2.32. The van der Waals surface area contributed by atoms with Crippen molar-refractivity contribution in [1.29, 1.82) is 0 Å². The number of hydrogen-bond donors (Lipinski definition) is 1. The average molecular weight is 468 g/mol. The highest BCUT2D eigenvalue weighted by molar-refractivity contribution is 5.92. The van der Waals surface area contributed by atoms with Gasteiger partial charge in [-0.05, 0) is 38.5 Å². The first-order valence-electron chi connectivity index (χ1n) is 10.6. The number of nitrogens with one attached hydrogen (secondary N) is 1. The molecule has 2 heterocycles. The zero-order chi connectivity index (χ0) is 24.9. The van der Waals surface area contributed by atoms with E-state index in [1.54, 1.807) is 29.1 Å². The minimum absolute atomic E-state index is 0.214. The molecule has 180 valence electrons. The summed E-state index contributed by atoms with van der Waals surface area (Å²) in [5.74, 6) is 0.0804. The van der Waals surface area contributed by atoms with Gasteiger partial charge in [-0.2, -0.15) is 5.10 Å². The van der Waals surface area contributed by atoms with Crippen LogP contribution in [0.4, 0.5) is 4.79 Å². The highest BCUT2D eigenvalue weighted by Gasteiger charge is 2.20. The number of carbonyl (C=O) groups excluding carboxylic acids is 2. The van der Waals surface area contributed by atoms with Crippen molar-refractivity contribution >= 4 is 12.0 Å². The normalized spacial score (nSPS) is 11.1. The molecule has 10 heteroatoms. The summed E-state index contributed by atoms with van der Waals surface area (Å²) in [5, 5.41) is 8.33. The molecule has 1 N–H and O–H groups in total. The SMILES string of the molecule is COc1ccc(-n2nc(C(=O)N(C)OC)cc2-c2ccc(CNC(=O)OC(C)(C)C)cc2)cn1. The van der Waals surface area contributed by atoms with Gasteiger partial charge in [-0.3, -0.25) is 9.63 Å². The fraction of sp³-hybridized carbons (Fsp3) is 0.333. The Bertz CT molecular complexity index is 1130. The lowest BCUT2D eigenvalue weighted by molar-refractivity contribution is -0.0760. The molecule has 34 heavy (non-hydrogen) atoms. The maximum atomic E-state index is 12.6. The predicted octanol–water partition coefficient (Wildman–Crippen LogP) is 3.60. The summed E-state index contributed by atoms with van der Waals surface area (Å²) in [7, 11) is 4.47. The topological polar surface area (TPSA) is 108 Å². The van der Waals surface area contributed by atoms with Gasteiger partial charge in [0.2, 0.25) is 5.88 Å². The summed E-state index contributed by atoms with van der Waals surface area (Å²) in [4.78, 5) is 33.8. The first-order valence-corrected chi connectivity index (χ1v) is 10.6. The van der Waals surface area contributed by atoms with Gasteiger partial charge in [0.15, 0.2) is 5.69 Å². The largest absolute Gasteiger partial charge is 0.481 e. The maximum absolute atomic E-state index is 12.6. The third-order valence-corrected chi connectivity index (χ3v) is 4.75. The van der Waals surface area contributed by atoms with Crippen molar-refractivity contribution < 1.29 is 23.9 Å². The molecule has 0 spiro atoms. The number of amides is 2. The van der Waals surface area contributed by atoms with Gasteiger partial charge in [0.1, 0.15) is 5.60 Å². The molecule has 0 fully saturated rings. The van der Waals surface area contributed by atoms with Crippen LogP contribution in [0.3, 0.4) is 0 Å². The Morgan fingerprint density at radius 3 is 2.35 bits per heavy atom. The molecule has 0 aliphatic rings. The zero-order valence-electron chi connectivity index (χ0n) is 20.2. The van der Waals surface area contributed by atoms with E-state index in [-0.39, 0.29) is 11.6 Å². The van der Waals surface area contributed by atoms with Gasteiger partial charge in [-0.15, -0.1) is 0 Å². The van der Waals surface area contributed by atoms with Crippen molar-refractivity contribution in [3.05, 3.63) is 59.9 Å². The lowest BCUT2D eigenvalue weighted by Gasteiger charge is -2.19. The quantitative estimate of drug-likeness (QED) is 0.529. The first-order chi connectivity index (χ1) is 16.1. The molecule has 0 aliphatic carbocycles. The molecule has 3 aromatic rings. The van der Waals surface area contributed by atoms with Crippen molar-refractivity contribution in [3.8, 4) is 22.8 Å². The maximum Gasteiger partial charge on any atom is 0.407 e. The Hall–Kier alpha value is -3.92. The number of benzene rings is 1. The second-order valence-corrected chi connectivity index (χ2v) is 8.42. The molecule has 1 aromatic carbocycles. The second kappa shape index (κ2) is 10.3. The van der Waals surface area contributed by atoms with Crippen LogP contribution in [0.1, 0.15) is 36.8 Å². The molecule has 0 aliphatic heterocycles. The number of ether oxygens (including phenoxy) is 2. The third-order valence-electron chi connectivity index (χ3n) is 4.75. The summed E-state index contributed by atoms with van der Waals surface area (Å²) in [5.41, 5.74) is 2.71. The highest BCUT2D eigenvalue weighted by atomic mass is 16.7. The van der Waals surface area contributed by atoms with Gasteiger partial charge in [-0.25, -0.2) is 19.5 Å². The Morgan fingerprint density at radius 2 is 1.79 bits per heavy atom. The van der Waals surface area contributed by atoms with E-state index in [4.69, 9.17) is 14.3 Å². The van der Waals surface area contributed by atoms with Crippen molar-refractivity contribution in [2.75, 3.05) is 21.3 Å². The molecule has 0 saturated carbocycles. The molecule has 0 atom stereocenters. The average Bonchev–Trinajstić information content (AvgIpc) is 3.26. The van der Waals surface area contributed by atoms with Gasteiger partial charge in [0.05, 0.1) is 31.8 Å². The summed E-state index contributed by atoms with van der Waals surface area (Å²) >= 11 is 0. The van der Waals surface area contributed by atoms with Gasteiger partial charge < -0.3 is 14.8 Å². The van der Waals surface area contributed by atoms with Crippen LogP contribution in [-0.4, -0.2) is 58.7 Å². The van der Waals surface area contributed by atoms with E-state index in [2.05, 4.69) is 15.4 Å². The van der Waals surface area contributed by atoms with E-state index in [0.717, 1.165) is 16.2 Å². The molecule has 2 aromatic heterocycles. The number of pyridine rings is 1. The van der Waals surface area contributed by atoms with Crippen LogP contribution in [-0.2, 0) is 16.1 Å². The van der Waals surface area contributed by atoms with Crippen LogP contribution in [0.25, 0.3) is 16.9 Å². The summed E-state index contributed by atoms with van der Waals surface area (Å²) in [6, 6.07) is 12.8. The Morgan fingerprint density at radius 1 is 1.09 bits per heavy atom. The monoisotopic (exact) mass is 467 g/mol. The van der Waals surface area contributed by atoms with E-state index in [0.29, 0.717) is 23.8 Å². The van der Waals surface area contributed by atoms with Crippen molar-refractivity contribution in [3.63, 3.8) is 0 Å². The molecule has 0 unspecified atom stereocenters. The summed E-state index contributed by atoms with van der Waals surface area (Å²) < 4.78 is 12.0. The van der Waals surface area contributed by atoms with Gasteiger partial charge in [-0.1, -0.05) is 24.3 Å². The van der Waals surface area contributed by atoms with E-state index < -0.39 is 11.7 Å². The van der Waals surface area contributed by atoms with Gasteiger partial charge in [0.25, 0.3) is 5.91 Å². The first kappa shape index (κ1) is 24.7. The van der Waals surface area contributed by atoms with Crippen LogP contribution in [0.15, 0.2) is 48.7 Å². The number of hydroxylamine groups is 2. The molecule has 0 bridgehead atoms. The number of hydrogen-bond acceptors (Lipinski definition) is 7. The van der Waals surface area contributed by atoms with Crippen LogP contribution in [0.5, 0.6) is 5.88 Å².